The summed E-state index contributed by atoms with van der Waals surface area (Å²) in [5.41, 5.74) is -0.470. The first-order valence-corrected chi connectivity index (χ1v) is 7.84. The van der Waals surface area contributed by atoms with Gasteiger partial charge in [-0.05, 0) is 64.2 Å². The van der Waals surface area contributed by atoms with E-state index >= 15 is 0 Å². The predicted octanol–water partition coefficient (Wildman–Crippen LogP) is 4.50. The highest BCUT2D eigenvalue weighted by atomic mass is 16.5. The van der Waals surface area contributed by atoms with Crippen LogP contribution < -0.4 is 0 Å². The van der Waals surface area contributed by atoms with Crippen LogP contribution in [0.25, 0.3) is 0 Å². The van der Waals surface area contributed by atoms with E-state index in [-0.39, 0.29) is 11.0 Å². The van der Waals surface area contributed by atoms with E-state index in [4.69, 9.17) is 4.74 Å². The molecule has 1 fully saturated rings. The van der Waals surface area contributed by atoms with E-state index in [0.29, 0.717) is 18.9 Å². The maximum atomic E-state index is 11.7. The Bertz CT molecular complexity index is 320. The molecule has 3 heteroatoms. The Kier molecular flexibility index (Phi) is 5.29. The van der Waals surface area contributed by atoms with Crippen LogP contribution in [0.1, 0.15) is 73.6 Å². The van der Waals surface area contributed by atoms with Crippen molar-refractivity contribution >= 4 is 5.97 Å². The molecule has 118 valence electrons. The van der Waals surface area contributed by atoms with Gasteiger partial charge in [0.2, 0.25) is 0 Å². The summed E-state index contributed by atoms with van der Waals surface area (Å²) in [6, 6.07) is 0. The average molecular weight is 284 g/mol. The van der Waals surface area contributed by atoms with E-state index in [1.807, 2.05) is 20.8 Å². The van der Waals surface area contributed by atoms with Crippen LogP contribution >= 0.6 is 0 Å². The lowest BCUT2D eigenvalue weighted by molar-refractivity contribution is -0.155. The van der Waals surface area contributed by atoms with Gasteiger partial charge >= 0.3 is 5.97 Å². The van der Waals surface area contributed by atoms with Crippen molar-refractivity contribution in [3.8, 4) is 0 Å². The molecule has 3 nitrogen and oxygen atoms in total. The zero-order chi connectivity index (χ0) is 15.6. The Labute approximate surface area is 124 Å². The van der Waals surface area contributed by atoms with E-state index in [2.05, 4.69) is 20.8 Å². The quantitative estimate of drug-likeness (QED) is 0.826. The van der Waals surface area contributed by atoms with Crippen LogP contribution in [0.4, 0.5) is 0 Å². The molecule has 1 rings (SSSR count). The van der Waals surface area contributed by atoms with Gasteiger partial charge in [0.05, 0.1) is 11.0 Å². The minimum absolute atomic E-state index is 0.192. The van der Waals surface area contributed by atoms with E-state index in [1.54, 1.807) is 0 Å². The van der Waals surface area contributed by atoms with E-state index in [0.717, 1.165) is 25.7 Å². The summed E-state index contributed by atoms with van der Waals surface area (Å²) in [6.07, 6.45) is 4.25. The monoisotopic (exact) mass is 284 g/mol. The van der Waals surface area contributed by atoms with Crippen LogP contribution in [0, 0.1) is 16.7 Å². The first-order chi connectivity index (χ1) is 8.96. The highest BCUT2D eigenvalue weighted by Crippen LogP contribution is 2.47. The molecule has 0 spiro atoms. The number of hydrogen-bond acceptors (Lipinski definition) is 2. The molecular formula is C17H32O3. The number of carboxylic acids is 1. The molecule has 0 atom stereocenters. The van der Waals surface area contributed by atoms with Gasteiger partial charge < -0.3 is 9.84 Å². The van der Waals surface area contributed by atoms with Crippen molar-refractivity contribution in [1.29, 1.82) is 0 Å². The fourth-order valence-corrected chi connectivity index (χ4v) is 3.16. The summed E-state index contributed by atoms with van der Waals surface area (Å²) in [4.78, 5) is 11.7. The third-order valence-corrected chi connectivity index (χ3v) is 4.74. The molecule has 0 aromatic carbocycles. The van der Waals surface area contributed by atoms with Crippen molar-refractivity contribution < 1.29 is 14.6 Å². The number of hydrogen-bond donors (Lipinski definition) is 1. The second-order valence-electron chi connectivity index (χ2n) is 8.44. The molecule has 0 saturated heterocycles. The van der Waals surface area contributed by atoms with Gasteiger partial charge in [-0.15, -0.1) is 0 Å². The summed E-state index contributed by atoms with van der Waals surface area (Å²) >= 11 is 0. The minimum atomic E-state index is -0.637. The topological polar surface area (TPSA) is 46.5 Å². The van der Waals surface area contributed by atoms with Gasteiger partial charge in [0.15, 0.2) is 0 Å². The Morgan fingerprint density at radius 2 is 1.65 bits per heavy atom. The molecule has 0 aliphatic heterocycles. The molecule has 1 N–H and O–H groups in total. The van der Waals surface area contributed by atoms with Crippen molar-refractivity contribution in [2.45, 2.75) is 79.2 Å². The maximum absolute atomic E-state index is 11.7. The van der Waals surface area contributed by atoms with Gasteiger partial charge in [-0.25, -0.2) is 0 Å². The molecular weight excluding hydrogens is 252 g/mol. The second-order valence-corrected chi connectivity index (χ2v) is 8.44. The molecule has 0 amide bonds. The van der Waals surface area contributed by atoms with E-state index < -0.39 is 11.4 Å². The summed E-state index contributed by atoms with van der Waals surface area (Å²) in [7, 11) is 0. The van der Waals surface area contributed by atoms with Crippen LogP contribution in [-0.4, -0.2) is 23.3 Å². The summed E-state index contributed by atoms with van der Waals surface area (Å²) in [5.74, 6) is 0.000813. The Morgan fingerprint density at radius 3 is 2.00 bits per heavy atom. The Hall–Kier alpha value is -0.570. The van der Waals surface area contributed by atoms with Crippen LogP contribution in [0.5, 0.6) is 0 Å². The standard InChI is InChI=1S/C17H32O3/c1-15(2,3)13-7-9-17(10-8-13,14(18)19)11-12-20-16(4,5)6/h13H,7-12H2,1-6H3,(H,18,19). The minimum Gasteiger partial charge on any atom is -0.481 e. The third-order valence-electron chi connectivity index (χ3n) is 4.74. The fraction of sp³-hybridized carbons (Fsp3) is 0.941. The molecule has 0 bridgehead atoms. The van der Waals surface area contributed by atoms with Crippen LogP contribution in [0.2, 0.25) is 0 Å². The molecule has 0 radical (unpaired) electrons. The number of aliphatic carboxylic acids is 1. The van der Waals surface area contributed by atoms with Gasteiger partial charge in [0, 0.05) is 6.61 Å². The molecule has 0 unspecified atom stereocenters. The second kappa shape index (κ2) is 6.05. The fourth-order valence-electron chi connectivity index (χ4n) is 3.16. The molecule has 1 aliphatic rings. The molecule has 0 aromatic rings. The van der Waals surface area contributed by atoms with Gasteiger partial charge in [0.25, 0.3) is 0 Å². The Morgan fingerprint density at radius 1 is 1.15 bits per heavy atom. The molecule has 0 heterocycles. The smallest absolute Gasteiger partial charge is 0.309 e. The van der Waals surface area contributed by atoms with Crippen LogP contribution in [-0.2, 0) is 9.53 Å². The van der Waals surface area contributed by atoms with Crippen molar-refractivity contribution in [2.75, 3.05) is 6.61 Å². The lowest BCUT2D eigenvalue weighted by Gasteiger charge is -2.42. The molecule has 20 heavy (non-hydrogen) atoms. The summed E-state index contributed by atoms with van der Waals surface area (Å²) in [5, 5.41) is 9.65. The lowest BCUT2D eigenvalue weighted by atomic mass is 9.63. The predicted molar refractivity (Wildman–Crippen MR) is 81.8 cm³/mol. The maximum Gasteiger partial charge on any atom is 0.309 e. The molecule has 1 saturated carbocycles. The van der Waals surface area contributed by atoms with Crippen molar-refractivity contribution in [2.24, 2.45) is 16.7 Å². The van der Waals surface area contributed by atoms with Crippen LogP contribution in [0.3, 0.4) is 0 Å². The first kappa shape index (κ1) is 17.5. The zero-order valence-corrected chi connectivity index (χ0v) is 14.1. The number of carboxylic acid groups (broad SMARTS) is 1. The molecule has 0 aromatic heterocycles. The van der Waals surface area contributed by atoms with Gasteiger partial charge in [-0.3, -0.25) is 4.79 Å². The van der Waals surface area contributed by atoms with Crippen LogP contribution in [0.15, 0.2) is 0 Å². The third kappa shape index (κ3) is 4.76. The van der Waals surface area contributed by atoms with Crippen molar-refractivity contribution in [1.82, 2.24) is 0 Å². The summed E-state index contributed by atoms with van der Waals surface area (Å²) in [6.45, 7) is 13.3. The average Bonchev–Trinajstić information content (AvgIpc) is 2.26. The van der Waals surface area contributed by atoms with Gasteiger partial charge in [-0.2, -0.15) is 0 Å². The normalized spacial score (nSPS) is 28.4. The van der Waals surface area contributed by atoms with Crippen molar-refractivity contribution in [3.63, 3.8) is 0 Å². The first-order valence-electron chi connectivity index (χ1n) is 7.84. The van der Waals surface area contributed by atoms with E-state index in [1.165, 1.54) is 0 Å². The number of rotatable bonds is 4. The highest BCUT2D eigenvalue weighted by molar-refractivity contribution is 5.74. The number of carbonyl (C=O) groups is 1. The van der Waals surface area contributed by atoms with Gasteiger partial charge in [0.1, 0.15) is 0 Å². The van der Waals surface area contributed by atoms with E-state index in [9.17, 15) is 9.90 Å². The summed E-state index contributed by atoms with van der Waals surface area (Å²) < 4.78 is 5.74. The molecule has 1 aliphatic carbocycles. The highest BCUT2D eigenvalue weighted by Gasteiger charge is 2.43. The zero-order valence-electron chi connectivity index (χ0n) is 14.1. The Balaban J connectivity index is 2.61. The number of ether oxygens (including phenoxy) is 1. The van der Waals surface area contributed by atoms with Crippen molar-refractivity contribution in [3.05, 3.63) is 0 Å². The largest absolute Gasteiger partial charge is 0.481 e. The lowest BCUT2D eigenvalue weighted by Crippen LogP contribution is -2.39. The van der Waals surface area contributed by atoms with Gasteiger partial charge in [-0.1, -0.05) is 20.8 Å². The SMILES string of the molecule is CC(C)(C)OCCC1(C(=O)O)CCC(C(C)(C)C)CC1.